The van der Waals surface area contributed by atoms with Crippen LogP contribution >= 0.6 is 27.7 Å². The zero-order chi connectivity index (χ0) is 19.4. The van der Waals surface area contributed by atoms with Crippen molar-refractivity contribution in [1.29, 1.82) is 5.26 Å². The molecule has 0 fully saturated rings. The van der Waals surface area contributed by atoms with E-state index in [1.54, 1.807) is 42.7 Å². The third kappa shape index (κ3) is 4.21. The zero-order valence-electron chi connectivity index (χ0n) is 14.1. The molecule has 0 aliphatic heterocycles. The Morgan fingerprint density at radius 1 is 1.33 bits per heavy atom. The number of hydrogen-bond acceptors (Lipinski definition) is 5. The van der Waals surface area contributed by atoms with E-state index in [-0.39, 0.29) is 23.7 Å². The van der Waals surface area contributed by atoms with Crippen LogP contribution in [0.15, 0.2) is 56.9 Å². The van der Waals surface area contributed by atoms with Crippen LogP contribution in [0.2, 0.25) is 0 Å². The number of nitrogens with one attached hydrogen (secondary N) is 1. The number of halogens is 2. The number of aromatic amines is 1. The lowest BCUT2D eigenvalue weighted by molar-refractivity contribution is 0.301. The van der Waals surface area contributed by atoms with Crippen molar-refractivity contribution in [3.8, 4) is 23.1 Å². The molecule has 3 aromatic rings. The number of aromatic nitrogens is 2. The van der Waals surface area contributed by atoms with Crippen LogP contribution in [0.3, 0.4) is 0 Å². The lowest BCUT2D eigenvalue weighted by Crippen LogP contribution is -2.15. The molecule has 0 bridgehead atoms. The number of hydrogen-bond donors (Lipinski definition) is 1. The summed E-state index contributed by atoms with van der Waals surface area (Å²) in [6, 6.07) is 13.4. The van der Waals surface area contributed by atoms with Gasteiger partial charge in [-0.1, -0.05) is 45.9 Å². The van der Waals surface area contributed by atoms with Crippen LogP contribution in [0, 0.1) is 17.1 Å². The maximum absolute atomic E-state index is 13.9. The quantitative estimate of drug-likeness (QED) is 0.461. The number of benzene rings is 2. The number of nitriles is 1. The fourth-order valence-corrected chi connectivity index (χ4v) is 3.17. The topological polar surface area (TPSA) is 78.8 Å². The van der Waals surface area contributed by atoms with Gasteiger partial charge < -0.3 is 9.72 Å². The molecule has 0 saturated heterocycles. The second-order valence-electron chi connectivity index (χ2n) is 5.43. The van der Waals surface area contributed by atoms with Crippen molar-refractivity contribution < 1.29 is 9.13 Å². The van der Waals surface area contributed by atoms with Crippen molar-refractivity contribution in [3.63, 3.8) is 0 Å². The lowest BCUT2D eigenvalue weighted by atomic mass is 10.1. The average molecular weight is 446 g/mol. The number of rotatable bonds is 5. The highest BCUT2D eigenvalue weighted by Crippen LogP contribution is 2.34. The average Bonchev–Trinajstić information content (AvgIpc) is 2.67. The molecule has 0 aliphatic carbocycles. The fraction of sp³-hybridized carbons (Fsp3) is 0.105. The van der Waals surface area contributed by atoms with E-state index in [0.29, 0.717) is 22.0 Å². The molecular weight excluding hydrogens is 433 g/mol. The van der Waals surface area contributed by atoms with E-state index in [9.17, 15) is 14.4 Å². The van der Waals surface area contributed by atoms with Crippen LogP contribution in [0.4, 0.5) is 4.39 Å². The zero-order valence-corrected chi connectivity index (χ0v) is 16.5. The molecule has 0 radical (unpaired) electrons. The standard InChI is InChI=1S/C19H13BrFN3O2S/c1-27-19-23-17(14(9-22)18(25)24-19)13-8-12(20)6-7-16(13)26-10-11-4-2-3-5-15(11)21/h2-8H,10H2,1H3,(H,23,24,25). The normalized spacial score (nSPS) is 10.4. The minimum atomic E-state index is -0.521. The Bertz CT molecular complexity index is 1100. The van der Waals surface area contributed by atoms with Crippen molar-refractivity contribution in [2.24, 2.45) is 0 Å². The minimum absolute atomic E-state index is 0.00175. The summed E-state index contributed by atoms with van der Waals surface area (Å²) in [6.07, 6.45) is 1.77. The van der Waals surface area contributed by atoms with Crippen molar-refractivity contribution in [1.82, 2.24) is 9.97 Å². The summed E-state index contributed by atoms with van der Waals surface area (Å²) in [6.45, 7) is 0.00175. The Balaban J connectivity index is 2.08. The first-order chi connectivity index (χ1) is 13.0. The van der Waals surface area contributed by atoms with Gasteiger partial charge in [-0.25, -0.2) is 9.37 Å². The van der Waals surface area contributed by atoms with Gasteiger partial charge >= 0.3 is 0 Å². The summed E-state index contributed by atoms with van der Waals surface area (Å²) >= 11 is 4.64. The van der Waals surface area contributed by atoms with Crippen LogP contribution in [0.25, 0.3) is 11.3 Å². The Hall–Kier alpha value is -2.63. The van der Waals surface area contributed by atoms with E-state index in [0.717, 1.165) is 4.47 Å². The monoisotopic (exact) mass is 445 g/mol. The highest BCUT2D eigenvalue weighted by molar-refractivity contribution is 9.10. The minimum Gasteiger partial charge on any atom is -0.488 e. The molecule has 2 aromatic carbocycles. The van der Waals surface area contributed by atoms with Gasteiger partial charge in [-0.05, 0) is 30.5 Å². The van der Waals surface area contributed by atoms with Crippen molar-refractivity contribution in [2.75, 3.05) is 6.26 Å². The van der Waals surface area contributed by atoms with Gasteiger partial charge in [0.05, 0.1) is 0 Å². The Morgan fingerprint density at radius 2 is 2.11 bits per heavy atom. The smallest absolute Gasteiger partial charge is 0.270 e. The van der Waals surface area contributed by atoms with Crippen LogP contribution in [-0.2, 0) is 6.61 Å². The van der Waals surface area contributed by atoms with E-state index in [1.165, 1.54) is 17.8 Å². The van der Waals surface area contributed by atoms with Crippen LogP contribution in [-0.4, -0.2) is 16.2 Å². The highest BCUT2D eigenvalue weighted by atomic mass is 79.9. The predicted molar refractivity (Wildman–Crippen MR) is 105 cm³/mol. The summed E-state index contributed by atoms with van der Waals surface area (Å²) in [5.74, 6) is 0.0240. The largest absolute Gasteiger partial charge is 0.488 e. The summed E-state index contributed by atoms with van der Waals surface area (Å²) in [5, 5.41) is 9.79. The predicted octanol–water partition coefficient (Wildman–Crippen LogP) is 4.51. The van der Waals surface area contributed by atoms with Crippen LogP contribution in [0.5, 0.6) is 5.75 Å². The van der Waals surface area contributed by atoms with E-state index in [2.05, 4.69) is 25.9 Å². The number of nitrogens with zero attached hydrogens (tertiary/aromatic N) is 2. The molecule has 0 atom stereocenters. The van der Waals surface area contributed by atoms with E-state index in [4.69, 9.17) is 4.74 Å². The maximum atomic E-state index is 13.9. The summed E-state index contributed by atoms with van der Waals surface area (Å²) in [7, 11) is 0. The number of H-pyrrole nitrogens is 1. The maximum Gasteiger partial charge on any atom is 0.270 e. The molecule has 0 amide bonds. The molecule has 136 valence electrons. The molecule has 0 spiro atoms. The van der Waals surface area contributed by atoms with Crippen molar-refractivity contribution in [2.45, 2.75) is 11.8 Å². The van der Waals surface area contributed by atoms with E-state index >= 15 is 0 Å². The van der Waals surface area contributed by atoms with Crippen LogP contribution < -0.4 is 10.3 Å². The van der Waals surface area contributed by atoms with Crippen molar-refractivity contribution in [3.05, 3.63) is 74.2 Å². The van der Waals surface area contributed by atoms with Crippen LogP contribution in [0.1, 0.15) is 11.1 Å². The van der Waals surface area contributed by atoms with Gasteiger partial charge in [0.15, 0.2) is 5.16 Å². The molecule has 8 heteroatoms. The van der Waals surface area contributed by atoms with E-state index < -0.39 is 5.56 Å². The first-order valence-electron chi connectivity index (χ1n) is 7.78. The van der Waals surface area contributed by atoms with Gasteiger partial charge in [0.1, 0.15) is 35.5 Å². The Kier molecular flexibility index (Phi) is 5.94. The molecule has 0 aliphatic rings. The van der Waals surface area contributed by atoms with Crippen molar-refractivity contribution >= 4 is 27.7 Å². The highest BCUT2D eigenvalue weighted by Gasteiger charge is 2.18. The third-order valence-corrected chi connectivity index (χ3v) is 4.81. The Labute approximate surface area is 167 Å². The van der Waals surface area contributed by atoms with Gasteiger partial charge in [-0.3, -0.25) is 4.79 Å². The molecule has 1 aromatic heterocycles. The number of ether oxygens (including phenoxy) is 1. The molecule has 0 unspecified atom stereocenters. The SMILES string of the molecule is CSc1nc(-c2cc(Br)ccc2OCc2ccccc2F)c(C#N)c(=O)[nH]1. The molecule has 1 heterocycles. The fourth-order valence-electron chi connectivity index (χ4n) is 2.43. The summed E-state index contributed by atoms with van der Waals surface area (Å²) < 4.78 is 20.4. The second kappa shape index (κ2) is 8.37. The second-order valence-corrected chi connectivity index (χ2v) is 7.14. The van der Waals surface area contributed by atoms with Gasteiger partial charge in [-0.2, -0.15) is 5.26 Å². The molecule has 3 rings (SSSR count). The summed E-state index contributed by atoms with van der Waals surface area (Å²) in [5.41, 5.74) is 0.457. The molecule has 27 heavy (non-hydrogen) atoms. The molecular formula is C19H13BrFN3O2S. The van der Waals surface area contributed by atoms with Gasteiger partial charge in [0.2, 0.25) is 0 Å². The van der Waals surface area contributed by atoms with Gasteiger partial charge in [0, 0.05) is 15.6 Å². The lowest BCUT2D eigenvalue weighted by Gasteiger charge is -2.13. The molecule has 0 saturated carbocycles. The van der Waals surface area contributed by atoms with Gasteiger partial charge in [-0.15, -0.1) is 0 Å². The molecule has 5 nitrogen and oxygen atoms in total. The first kappa shape index (κ1) is 19.1. The first-order valence-corrected chi connectivity index (χ1v) is 9.79. The third-order valence-electron chi connectivity index (χ3n) is 3.74. The molecule has 1 N–H and O–H groups in total. The summed E-state index contributed by atoms with van der Waals surface area (Å²) in [4.78, 5) is 19.1. The Morgan fingerprint density at radius 3 is 2.81 bits per heavy atom. The van der Waals surface area contributed by atoms with Gasteiger partial charge in [0.25, 0.3) is 5.56 Å². The van der Waals surface area contributed by atoms with E-state index in [1.807, 2.05) is 6.07 Å². The number of thioether (sulfide) groups is 1.